The summed E-state index contributed by atoms with van der Waals surface area (Å²) in [5, 5.41) is 11.8. The molecule has 0 fully saturated rings. The Hall–Kier alpha value is -3.02. The first kappa shape index (κ1) is 22.3. The van der Waals surface area contributed by atoms with E-state index >= 15 is 0 Å². The lowest BCUT2D eigenvalue weighted by Gasteiger charge is -2.32. The van der Waals surface area contributed by atoms with Crippen LogP contribution in [0.4, 0.5) is 32.6 Å². The molecule has 0 aliphatic carbocycles. The van der Waals surface area contributed by atoms with Crippen LogP contribution in [0.5, 0.6) is 11.6 Å². The molecule has 0 saturated heterocycles. The van der Waals surface area contributed by atoms with Crippen LogP contribution in [-0.4, -0.2) is 50.9 Å². The molecule has 12 heteroatoms. The maximum Gasteiger partial charge on any atom is 0.418 e. The highest BCUT2D eigenvalue weighted by Crippen LogP contribution is 2.30. The quantitative estimate of drug-likeness (QED) is 0.696. The number of carbonyl (C=O) groups is 1. The fraction of sp³-hybridized carbons (Fsp3) is 0.353. The third kappa shape index (κ3) is 5.73. The van der Waals surface area contributed by atoms with E-state index < -0.39 is 36.0 Å². The summed E-state index contributed by atoms with van der Waals surface area (Å²) >= 11 is 0. The monoisotopic (exact) mass is 420 g/mol. The molecule has 0 aliphatic heterocycles. The van der Waals surface area contributed by atoms with Gasteiger partial charge in [0.05, 0.1) is 18.9 Å². The standard InChI is InChI=1S/C17H17F5N4O3/c1-3-26(9-16(2,28)17(20,21)22)15(27)25-13-7-24-14(8-23-13)29-12-5-4-10(18)6-11(12)19/h4-8,28H,3,9H2,1-2H3,(H,23,25,27)/t16-/m1/s1. The second-order valence-electron chi connectivity index (χ2n) is 6.13. The lowest BCUT2D eigenvalue weighted by atomic mass is 10.1. The van der Waals surface area contributed by atoms with Crippen LogP contribution in [0, 0.1) is 11.6 Å². The zero-order valence-electron chi connectivity index (χ0n) is 15.3. The summed E-state index contributed by atoms with van der Waals surface area (Å²) < 4.78 is 69.9. The minimum Gasteiger partial charge on any atom is -0.434 e. The second kappa shape index (κ2) is 8.55. The molecular weight excluding hydrogens is 403 g/mol. The maximum atomic E-state index is 13.6. The van der Waals surface area contributed by atoms with E-state index in [1.54, 1.807) is 0 Å². The highest BCUT2D eigenvalue weighted by atomic mass is 19.4. The van der Waals surface area contributed by atoms with E-state index in [1.807, 2.05) is 0 Å². The van der Waals surface area contributed by atoms with Gasteiger partial charge in [-0.25, -0.2) is 23.5 Å². The van der Waals surface area contributed by atoms with Crippen LogP contribution < -0.4 is 10.1 Å². The van der Waals surface area contributed by atoms with Crippen molar-refractivity contribution in [1.82, 2.24) is 14.9 Å². The van der Waals surface area contributed by atoms with Gasteiger partial charge in [0.2, 0.25) is 5.88 Å². The van der Waals surface area contributed by atoms with Crippen molar-refractivity contribution in [2.45, 2.75) is 25.6 Å². The molecule has 158 valence electrons. The van der Waals surface area contributed by atoms with E-state index in [2.05, 4.69) is 15.3 Å². The number of halogens is 5. The molecule has 2 rings (SSSR count). The molecule has 0 bridgehead atoms. The summed E-state index contributed by atoms with van der Waals surface area (Å²) in [6.07, 6.45) is -2.86. The van der Waals surface area contributed by atoms with Crippen LogP contribution in [0.1, 0.15) is 13.8 Å². The second-order valence-corrected chi connectivity index (χ2v) is 6.13. The van der Waals surface area contributed by atoms with Gasteiger partial charge in [0.15, 0.2) is 23.0 Å². The molecule has 2 aromatic rings. The molecule has 1 atom stereocenters. The smallest absolute Gasteiger partial charge is 0.418 e. The van der Waals surface area contributed by atoms with E-state index in [-0.39, 0.29) is 24.0 Å². The number of carbonyl (C=O) groups excluding carboxylic acids is 1. The Bertz CT molecular complexity index is 859. The molecule has 1 heterocycles. The predicted octanol–water partition coefficient (Wildman–Crippen LogP) is 3.71. The normalized spacial score (nSPS) is 13.5. The minimum atomic E-state index is -4.92. The Labute approximate surface area is 162 Å². The van der Waals surface area contributed by atoms with E-state index in [0.717, 1.165) is 29.4 Å². The van der Waals surface area contributed by atoms with Gasteiger partial charge in [0.25, 0.3) is 0 Å². The number of rotatable bonds is 6. The Morgan fingerprint density at radius 2 is 1.93 bits per heavy atom. The molecule has 1 aromatic carbocycles. The molecular formula is C17H17F5N4O3. The number of ether oxygens (including phenoxy) is 1. The van der Waals surface area contributed by atoms with Crippen molar-refractivity contribution in [2.24, 2.45) is 0 Å². The molecule has 0 spiro atoms. The van der Waals surface area contributed by atoms with Gasteiger partial charge in [-0.15, -0.1) is 0 Å². The largest absolute Gasteiger partial charge is 0.434 e. The molecule has 0 saturated carbocycles. The number of nitrogens with one attached hydrogen (secondary N) is 1. The summed E-state index contributed by atoms with van der Waals surface area (Å²) in [6.45, 7) is 0.892. The summed E-state index contributed by atoms with van der Waals surface area (Å²) in [5.41, 5.74) is -3.09. The highest BCUT2D eigenvalue weighted by molar-refractivity contribution is 5.88. The summed E-state index contributed by atoms with van der Waals surface area (Å²) in [4.78, 5) is 20.5. The first-order chi connectivity index (χ1) is 13.4. The number of aliphatic hydroxyl groups is 1. The van der Waals surface area contributed by atoms with Crippen molar-refractivity contribution in [3.63, 3.8) is 0 Å². The number of aromatic nitrogens is 2. The number of benzene rings is 1. The third-order valence-corrected chi connectivity index (χ3v) is 3.75. The van der Waals surface area contributed by atoms with E-state index in [4.69, 9.17) is 4.74 Å². The van der Waals surface area contributed by atoms with Crippen molar-refractivity contribution >= 4 is 11.8 Å². The van der Waals surface area contributed by atoms with E-state index in [0.29, 0.717) is 13.0 Å². The third-order valence-electron chi connectivity index (χ3n) is 3.75. The van der Waals surface area contributed by atoms with Gasteiger partial charge in [-0.05, 0) is 26.0 Å². The molecule has 7 nitrogen and oxygen atoms in total. The molecule has 29 heavy (non-hydrogen) atoms. The van der Waals surface area contributed by atoms with E-state index in [1.165, 1.54) is 6.92 Å². The van der Waals surface area contributed by atoms with Gasteiger partial charge in [0, 0.05) is 12.6 Å². The average molecular weight is 420 g/mol. The lowest BCUT2D eigenvalue weighted by Crippen LogP contribution is -2.53. The van der Waals surface area contributed by atoms with Crippen molar-refractivity contribution < 1.29 is 36.6 Å². The highest BCUT2D eigenvalue weighted by Gasteiger charge is 2.51. The number of likely N-dealkylation sites (N-methyl/N-ethyl adjacent to an activating group) is 1. The van der Waals surface area contributed by atoms with Crippen LogP contribution in [-0.2, 0) is 0 Å². The summed E-state index contributed by atoms with van der Waals surface area (Å²) in [7, 11) is 0. The van der Waals surface area contributed by atoms with E-state index in [9.17, 15) is 31.9 Å². The van der Waals surface area contributed by atoms with Crippen molar-refractivity contribution in [3.8, 4) is 11.6 Å². The zero-order chi connectivity index (χ0) is 21.8. The maximum absolute atomic E-state index is 13.6. The van der Waals surface area contributed by atoms with Crippen LogP contribution in [0.25, 0.3) is 0 Å². The number of amides is 2. The fourth-order valence-corrected chi connectivity index (χ4v) is 2.08. The average Bonchev–Trinajstić information content (AvgIpc) is 2.62. The van der Waals surface area contributed by atoms with Gasteiger partial charge < -0.3 is 14.7 Å². The van der Waals surface area contributed by atoms with Gasteiger partial charge in [0.1, 0.15) is 5.82 Å². The Kier molecular flexibility index (Phi) is 6.57. The van der Waals surface area contributed by atoms with Gasteiger partial charge in [-0.1, -0.05) is 0 Å². The van der Waals surface area contributed by atoms with Gasteiger partial charge >= 0.3 is 12.2 Å². The first-order valence-corrected chi connectivity index (χ1v) is 8.23. The summed E-state index contributed by atoms with van der Waals surface area (Å²) in [6, 6.07) is 1.71. The Balaban J connectivity index is 2.03. The van der Waals surface area contributed by atoms with Crippen LogP contribution in [0.15, 0.2) is 30.6 Å². The minimum absolute atomic E-state index is 0.115. The number of alkyl halides is 3. The lowest BCUT2D eigenvalue weighted by molar-refractivity contribution is -0.255. The first-order valence-electron chi connectivity index (χ1n) is 8.23. The van der Waals surface area contributed by atoms with Crippen molar-refractivity contribution in [1.29, 1.82) is 0 Å². The van der Waals surface area contributed by atoms with Crippen molar-refractivity contribution in [3.05, 3.63) is 42.2 Å². The topological polar surface area (TPSA) is 87.6 Å². The summed E-state index contributed by atoms with van der Waals surface area (Å²) in [5.74, 6) is -2.33. The SMILES string of the molecule is CCN(C[C@@](C)(O)C(F)(F)F)C(=O)Nc1cnc(Oc2ccc(F)cc2F)cn1. The van der Waals surface area contributed by atoms with Crippen LogP contribution in [0.2, 0.25) is 0 Å². The fourth-order valence-electron chi connectivity index (χ4n) is 2.08. The van der Waals surface area contributed by atoms with Crippen LogP contribution >= 0.6 is 0 Å². The number of hydrogen-bond acceptors (Lipinski definition) is 5. The molecule has 1 aromatic heterocycles. The number of hydrogen-bond donors (Lipinski definition) is 2. The Morgan fingerprint density at radius 3 is 2.45 bits per heavy atom. The van der Waals surface area contributed by atoms with Gasteiger partial charge in [-0.3, -0.25) is 5.32 Å². The predicted molar refractivity (Wildman–Crippen MR) is 91.4 cm³/mol. The van der Waals surface area contributed by atoms with Crippen LogP contribution in [0.3, 0.4) is 0 Å². The number of urea groups is 1. The number of anilines is 1. The van der Waals surface area contributed by atoms with Crippen molar-refractivity contribution in [2.75, 3.05) is 18.4 Å². The molecule has 2 N–H and O–H groups in total. The number of nitrogens with zero attached hydrogens (tertiary/aromatic N) is 3. The zero-order valence-corrected chi connectivity index (χ0v) is 15.3. The molecule has 0 radical (unpaired) electrons. The molecule has 0 unspecified atom stereocenters. The molecule has 0 aliphatic rings. The molecule has 2 amide bonds. The van der Waals surface area contributed by atoms with Gasteiger partial charge in [-0.2, -0.15) is 13.2 Å². The Morgan fingerprint density at radius 1 is 1.24 bits per heavy atom.